The van der Waals surface area contributed by atoms with Gasteiger partial charge in [0.2, 0.25) is 0 Å². The van der Waals surface area contributed by atoms with E-state index in [0.29, 0.717) is 24.4 Å². The molecule has 1 heterocycles. The molecular formula is C24H25N3O3. The van der Waals surface area contributed by atoms with Crippen LogP contribution in [0.15, 0.2) is 59.1 Å². The predicted octanol–water partition coefficient (Wildman–Crippen LogP) is 4.01. The second kappa shape index (κ2) is 8.53. The van der Waals surface area contributed by atoms with Crippen molar-refractivity contribution >= 4 is 17.5 Å². The van der Waals surface area contributed by atoms with Gasteiger partial charge >= 0.3 is 11.8 Å². The average Bonchev–Trinajstić information content (AvgIpc) is 3.54. The van der Waals surface area contributed by atoms with Gasteiger partial charge < -0.3 is 14.7 Å². The largest absolute Gasteiger partial charge is 0.361 e. The van der Waals surface area contributed by atoms with Gasteiger partial charge in [-0.25, -0.2) is 0 Å². The summed E-state index contributed by atoms with van der Waals surface area (Å²) in [6.45, 7) is 4.01. The fourth-order valence-electron chi connectivity index (χ4n) is 3.57. The lowest BCUT2D eigenvalue weighted by Crippen LogP contribution is -2.41. The highest BCUT2D eigenvalue weighted by molar-refractivity contribution is 6.39. The van der Waals surface area contributed by atoms with Gasteiger partial charge in [0.15, 0.2) is 0 Å². The molecular weight excluding hydrogens is 378 g/mol. The van der Waals surface area contributed by atoms with Gasteiger partial charge in [0, 0.05) is 17.3 Å². The Labute approximate surface area is 175 Å². The Kier molecular flexibility index (Phi) is 5.65. The van der Waals surface area contributed by atoms with Crippen LogP contribution in [0.3, 0.4) is 0 Å². The summed E-state index contributed by atoms with van der Waals surface area (Å²) in [4.78, 5) is 27.5. The van der Waals surface area contributed by atoms with Gasteiger partial charge in [-0.05, 0) is 50.3 Å². The van der Waals surface area contributed by atoms with E-state index in [0.717, 1.165) is 35.2 Å². The fourth-order valence-corrected chi connectivity index (χ4v) is 3.57. The van der Waals surface area contributed by atoms with E-state index >= 15 is 0 Å². The van der Waals surface area contributed by atoms with Crippen LogP contribution in [-0.2, 0) is 22.6 Å². The topological polar surface area (TPSA) is 75.4 Å². The molecule has 0 saturated heterocycles. The maximum Gasteiger partial charge on any atom is 0.313 e. The lowest BCUT2D eigenvalue weighted by molar-refractivity contribution is -0.144. The second-order valence-corrected chi connectivity index (χ2v) is 7.74. The number of hydrogen-bond donors (Lipinski definition) is 1. The molecule has 0 radical (unpaired) electrons. The predicted molar refractivity (Wildman–Crippen MR) is 114 cm³/mol. The van der Waals surface area contributed by atoms with Crippen molar-refractivity contribution < 1.29 is 14.1 Å². The number of carbonyl (C=O) groups excluding carboxylic acids is 2. The second-order valence-electron chi connectivity index (χ2n) is 7.74. The van der Waals surface area contributed by atoms with E-state index in [1.165, 1.54) is 0 Å². The van der Waals surface area contributed by atoms with E-state index in [1.807, 2.05) is 68.4 Å². The zero-order valence-electron chi connectivity index (χ0n) is 17.2. The summed E-state index contributed by atoms with van der Waals surface area (Å²) in [7, 11) is 0. The third kappa shape index (κ3) is 4.43. The van der Waals surface area contributed by atoms with Crippen molar-refractivity contribution in [2.24, 2.45) is 0 Å². The average molecular weight is 403 g/mol. The molecule has 0 aliphatic heterocycles. The first-order valence-electron chi connectivity index (χ1n) is 10.2. The number of amides is 2. The van der Waals surface area contributed by atoms with Gasteiger partial charge in [-0.15, -0.1) is 0 Å². The number of aryl methyl sites for hydroxylation is 2. The van der Waals surface area contributed by atoms with Crippen LogP contribution >= 0.6 is 0 Å². The zero-order valence-corrected chi connectivity index (χ0v) is 17.2. The van der Waals surface area contributed by atoms with Crippen molar-refractivity contribution in [3.05, 3.63) is 82.7 Å². The minimum atomic E-state index is -0.617. The van der Waals surface area contributed by atoms with Crippen LogP contribution in [0.25, 0.3) is 0 Å². The van der Waals surface area contributed by atoms with Crippen LogP contribution in [0.2, 0.25) is 0 Å². The highest BCUT2D eigenvalue weighted by Crippen LogP contribution is 2.30. The molecule has 2 amide bonds. The molecule has 0 unspecified atom stereocenters. The summed E-state index contributed by atoms with van der Waals surface area (Å²) in [5.41, 5.74) is 4.39. The molecule has 6 heteroatoms. The molecule has 1 aliphatic rings. The third-order valence-electron chi connectivity index (χ3n) is 5.46. The van der Waals surface area contributed by atoms with Crippen molar-refractivity contribution in [3.63, 3.8) is 0 Å². The minimum absolute atomic E-state index is 0.0940. The zero-order chi connectivity index (χ0) is 21.1. The maximum absolute atomic E-state index is 13.0. The van der Waals surface area contributed by atoms with Gasteiger partial charge in [0.05, 0.1) is 12.2 Å². The summed E-state index contributed by atoms with van der Waals surface area (Å²) < 4.78 is 5.22. The van der Waals surface area contributed by atoms with E-state index in [2.05, 4.69) is 10.5 Å². The van der Waals surface area contributed by atoms with Crippen molar-refractivity contribution in [2.45, 2.75) is 45.7 Å². The van der Waals surface area contributed by atoms with E-state index < -0.39 is 11.8 Å². The van der Waals surface area contributed by atoms with E-state index in [-0.39, 0.29) is 6.04 Å². The van der Waals surface area contributed by atoms with Crippen molar-refractivity contribution in [2.75, 3.05) is 5.32 Å². The van der Waals surface area contributed by atoms with Gasteiger partial charge in [0.25, 0.3) is 0 Å². The summed E-state index contributed by atoms with van der Waals surface area (Å²) >= 11 is 0. The Morgan fingerprint density at radius 1 is 1.07 bits per heavy atom. The Bertz CT molecular complexity index is 1040. The van der Waals surface area contributed by atoms with E-state index in [1.54, 1.807) is 4.90 Å². The Morgan fingerprint density at radius 2 is 1.77 bits per heavy atom. The van der Waals surface area contributed by atoms with Crippen LogP contribution in [-0.4, -0.2) is 27.9 Å². The molecule has 0 spiro atoms. The molecule has 4 rings (SSSR count). The fraction of sp³-hybridized carbons (Fsp3) is 0.292. The van der Waals surface area contributed by atoms with Crippen LogP contribution in [0.5, 0.6) is 0 Å². The SMILES string of the molecule is Cc1noc(C)c1CN(C(=O)C(=O)Nc1ccccc1Cc1ccccc1)C1CC1. The Hall–Kier alpha value is -3.41. The van der Waals surface area contributed by atoms with E-state index in [9.17, 15) is 9.59 Å². The minimum Gasteiger partial charge on any atom is -0.361 e. The van der Waals surface area contributed by atoms with Crippen molar-refractivity contribution in [3.8, 4) is 0 Å². The highest BCUT2D eigenvalue weighted by Gasteiger charge is 2.36. The molecule has 30 heavy (non-hydrogen) atoms. The van der Waals surface area contributed by atoms with Gasteiger partial charge in [-0.2, -0.15) is 0 Å². The van der Waals surface area contributed by atoms with Crippen molar-refractivity contribution in [1.29, 1.82) is 0 Å². The molecule has 2 aromatic carbocycles. The van der Waals surface area contributed by atoms with E-state index in [4.69, 9.17) is 4.52 Å². The van der Waals surface area contributed by atoms with Gasteiger partial charge in [0.1, 0.15) is 5.76 Å². The normalized spacial score (nSPS) is 13.1. The Morgan fingerprint density at radius 3 is 2.43 bits per heavy atom. The number of nitrogens with zero attached hydrogens (tertiary/aromatic N) is 2. The number of hydrogen-bond acceptors (Lipinski definition) is 4. The molecule has 1 N–H and O–H groups in total. The van der Waals surface area contributed by atoms with Crippen LogP contribution < -0.4 is 5.32 Å². The van der Waals surface area contributed by atoms with Crippen LogP contribution in [0.1, 0.15) is 41.0 Å². The number of anilines is 1. The number of carbonyl (C=O) groups is 2. The van der Waals surface area contributed by atoms with Crippen LogP contribution in [0, 0.1) is 13.8 Å². The summed E-state index contributed by atoms with van der Waals surface area (Å²) in [5.74, 6) is -0.458. The summed E-state index contributed by atoms with van der Waals surface area (Å²) in [5, 5.41) is 6.79. The molecule has 3 aromatic rings. The molecule has 1 saturated carbocycles. The molecule has 1 aliphatic carbocycles. The Balaban J connectivity index is 1.50. The number of nitrogens with one attached hydrogen (secondary N) is 1. The lowest BCUT2D eigenvalue weighted by Gasteiger charge is -2.22. The monoisotopic (exact) mass is 403 g/mol. The summed E-state index contributed by atoms with van der Waals surface area (Å²) in [6, 6.07) is 17.7. The van der Waals surface area contributed by atoms with Gasteiger partial charge in [-0.3, -0.25) is 9.59 Å². The molecule has 154 valence electrons. The number of rotatable bonds is 6. The molecule has 1 fully saturated rings. The molecule has 6 nitrogen and oxygen atoms in total. The number of para-hydroxylation sites is 1. The third-order valence-corrected chi connectivity index (χ3v) is 5.46. The first-order valence-corrected chi connectivity index (χ1v) is 10.2. The first-order chi connectivity index (χ1) is 14.5. The lowest BCUT2D eigenvalue weighted by atomic mass is 10.0. The maximum atomic E-state index is 13.0. The van der Waals surface area contributed by atoms with Crippen LogP contribution in [0.4, 0.5) is 5.69 Å². The highest BCUT2D eigenvalue weighted by atomic mass is 16.5. The van der Waals surface area contributed by atoms with Gasteiger partial charge in [-0.1, -0.05) is 53.7 Å². The molecule has 0 bridgehead atoms. The molecule has 0 atom stereocenters. The summed E-state index contributed by atoms with van der Waals surface area (Å²) in [6.07, 6.45) is 2.50. The number of aromatic nitrogens is 1. The standard InChI is InChI=1S/C24H25N3O3/c1-16-21(17(2)30-26-16)15-27(20-12-13-20)24(29)23(28)25-22-11-7-6-10-19(22)14-18-8-4-3-5-9-18/h3-11,20H,12-15H2,1-2H3,(H,25,28). The quantitative estimate of drug-likeness (QED) is 0.631. The molecule has 1 aromatic heterocycles. The number of benzene rings is 2. The van der Waals surface area contributed by atoms with Crippen molar-refractivity contribution in [1.82, 2.24) is 10.1 Å². The first kappa shape index (κ1) is 19.9. The smallest absolute Gasteiger partial charge is 0.313 e.